The highest BCUT2D eigenvalue weighted by molar-refractivity contribution is 5.62. The Hall–Kier alpha value is -3.35. The number of methoxy groups -OCH3 is 2. The van der Waals surface area contributed by atoms with Crippen LogP contribution in [0.1, 0.15) is 0 Å². The Balaban J connectivity index is 1.82. The zero-order valence-corrected chi connectivity index (χ0v) is 14.3. The van der Waals surface area contributed by atoms with Gasteiger partial charge in [0.25, 0.3) is 0 Å². The lowest BCUT2D eigenvalue weighted by molar-refractivity contribution is 0.355. The van der Waals surface area contributed by atoms with Crippen LogP contribution in [0.3, 0.4) is 0 Å². The molecule has 0 bridgehead atoms. The number of anilines is 4. The third kappa shape index (κ3) is 3.77. The van der Waals surface area contributed by atoms with Crippen LogP contribution in [0.2, 0.25) is 0 Å². The second-order valence-corrected chi connectivity index (χ2v) is 5.23. The maximum atomic E-state index is 5.30. The standard InChI is InChI=1S/C18H19N5O2/c1-23(14-7-5-4-6-8-14)17-12-19-22-18(21-17)20-13-9-10-15(24-2)16(11-13)25-3/h4-12H,1-3H3,(H,20,21,22). The van der Waals surface area contributed by atoms with Gasteiger partial charge in [-0.2, -0.15) is 10.1 Å². The Kier molecular flexibility index (Phi) is 4.94. The van der Waals surface area contributed by atoms with Crippen molar-refractivity contribution in [3.05, 3.63) is 54.7 Å². The summed E-state index contributed by atoms with van der Waals surface area (Å²) in [5, 5.41) is 11.2. The molecule has 2 aromatic carbocycles. The van der Waals surface area contributed by atoms with E-state index in [0.717, 1.165) is 11.4 Å². The first-order valence-corrected chi connectivity index (χ1v) is 7.69. The molecule has 1 aromatic heterocycles. The van der Waals surface area contributed by atoms with Crippen molar-refractivity contribution in [1.29, 1.82) is 0 Å². The fourth-order valence-corrected chi connectivity index (χ4v) is 2.34. The third-order valence-corrected chi connectivity index (χ3v) is 3.67. The minimum absolute atomic E-state index is 0.396. The van der Waals surface area contributed by atoms with Crippen molar-refractivity contribution in [2.75, 3.05) is 31.5 Å². The predicted molar refractivity (Wildman–Crippen MR) is 97.2 cm³/mol. The highest BCUT2D eigenvalue weighted by Gasteiger charge is 2.09. The average molecular weight is 337 g/mol. The van der Waals surface area contributed by atoms with E-state index in [2.05, 4.69) is 20.5 Å². The lowest BCUT2D eigenvalue weighted by Gasteiger charge is -2.18. The van der Waals surface area contributed by atoms with Crippen molar-refractivity contribution in [3.8, 4) is 11.5 Å². The first-order valence-electron chi connectivity index (χ1n) is 7.69. The summed E-state index contributed by atoms with van der Waals surface area (Å²) in [7, 11) is 5.12. The lowest BCUT2D eigenvalue weighted by atomic mass is 10.3. The molecule has 7 nitrogen and oxygen atoms in total. The van der Waals surface area contributed by atoms with Gasteiger partial charge < -0.3 is 19.7 Å². The van der Waals surface area contributed by atoms with Gasteiger partial charge in [0.1, 0.15) is 0 Å². The van der Waals surface area contributed by atoms with Crippen molar-refractivity contribution >= 4 is 23.1 Å². The minimum atomic E-state index is 0.396. The van der Waals surface area contributed by atoms with E-state index in [1.54, 1.807) is 20.4 Å². The monoisotopic (exact) mass is 337 g/mol. The number of hydrogen-bond acceptors (Lipinski definition) is 7. The molecule has 0 aliphatic heterocycles. The summed E-state index contributed by atoms with van der Waals surface area (Å²) in [6.07, 6.45) is 1.62. The van der Waals surface area contributed by atoms with E-state index in [9.17, 15) is 0 Å². The normalized spacial score (nSPS) is 10.2. The van der Waals surface area contributed by atoms with Gasteiger partial charge >= 0.3 is 0 Å². The predicted octanol–water partition coefficient (Wildman–Crippen LogP) is 3.40. The van der Waals surface area contributed by atoms with Gasteiger partial charge in [-0.3, -0.25) is 0 Å². The fourth-order valence-electron chi connectivity index (χ4n) is 2.34. The largest absolute Gasteiger partial charge is 0.493 e. The van der Waals surface area contributed by atoms with Crippen LogP contribution in [-0.4, -0.2) is 36.4 Å². The summed E-state index contributed by atoms with van der Waals surface area (Å²) in [4.78, 5) is 6.45. The molecule has 0 amide bonds. The van der Waals surface area contributed by atoms with Crippen LogP contribution in [-0.2, 0) is 0 Å². The molecule has 0 spiro atoms. The molecule has 128 valence electrons. The van der Waals surface area contributed by atoms with Gasteiger partial charge in [0, 0.05) is 24.5 Å². The van der Waals surface area contributed by atoms with Crippen molar-refractivity contribution in [2.45, 2.75) is 0 Å². The van der Waals surface area contributed by atoms with Crippen molar-refractivity contribution in [1.82, 2.24) is 15.2 Å². The minimum Gasteiger partial charge on any atom is -0.493 e. The van der Waals surface area contributed by atoms with E-state index in [1.807, 2.05) is 60.5 Å². The zero-order valence-electron chi connectivity index (χ0n) is 14.3. The van der Waals surface area contributed by atoms with Crippen LogP contribution < -0.4 is 19.7 Å². The van der Waals surface area contributed by atoms with E-state index < -0.39 is 0 Å². The molecular weight excluding hydrogens is 318 g/mol. The van der Waals surface area contributed by atoms with Gasteiger partial charge in [-0.05, 0) is 24.3 Å². The molecule has 0 fully saturated rings. The van der Waals surface area contributed by atoms with Gasteiger partial charge in [-0.15, -0.1) is 5.10 Å². The SMILES string of the molecule is COc1ccc(Nc2nncc(N(C)c3ccccc3)n2)cc1OC. The number of rotatable bonds is 6. The van der Waals surface area contributed by atoms with Gasteiger partial charge in [0.2, 0.25) is 5.95 Å². The Bertz CT molecular complexity index is 842. The molecule has 0 radical (unpaired) electrons. The number of para-hydroxylation sites is 1. The van der Waals surface area contributed by atoms with Crippen LogP contribution in [0.25, 0.3) is 0 Å². The quantitative estimate of drug-likeness (QED) is 0.739. The molecule has 7 heteroatoms. The first-order chi connectivity index (χ1) is 12.2. The number of ether oxygens (including phenoxy) is 2. The van der Waals surface area contributed by atoms with Crippen LogP contribution >= 0.6 is 0 Å². The topological polar surface area (TPSA) is 72.4 Å². The second-order valence-electron chi connectivity index (χ2n) is 5.23. The molecule has 1 heterocycles. The maximum absolute atomic E-state index is 5.30. The molecule has 0 saturated carbocycles. The van der Waals surface area contributed by atoms with Gasteiger partial charge in [-0.1, -0.05) is 18.2 Å². The van der Waals surface area contributed by atoms with Crippen LogP contribution in [0.4, 0.5) is 23.1 Å². The molecule has 0 unspecified atom stereocenters. The van der Waals surface area contributed by atoms with E-state index in [-0.39, 0.29) is 0 Å². The van der Waals surface area contributed by atoms with E-state index in [4.69, 9.17) is 9.47 Å². The zero-order chi connectivity index (χ0) is 17.6. The molecule has 3 rings (SSSR count). The molecular formula is C18H19N5O2. The van der Waals surface area contributed by atoms with Gasteiger partial charge in [0.05, 0.1) is 20.4 Å². The molecule has 0 atom stereocenters. The summed E-state index contributed by atoms with van der Waals surface area (Å²) in [5.41, 5.74) is 1.79. The van der Waals surface area contributed by atoms with E-state index >= 15 is 0 Å². The summed E-state index contributed by atoms with van der Waals surface area (Å²) >= 11 is 0. The maximum Gasteiger partial charge on any atom is 0.249 e. The summed E-state index contributed by atoms with van der Waals surface area (Å²) in [5.74, 6) is 2.36. The molecule has 1 N–H and O–H groups in total. The lowest BCUT2D eigenvalue weighted by Crippen LogP contribution is -2.13. The Morgan fingerprint density at radius 3 is 2.44 bits per heavy atom. The molecule has 0 aliphatic carbocycles. The number of aromatic nitrogens is 3. The van der Waals surface area contributed by atoms with Crippen LogP contribution in [0.5, 0.6) is 11.5 Å². The number of nitrogens with one attached hydrogen (secondary N) is 1. The number of nitrogens with zero attached hydrogens (tertiary/aromatic N) is 4. The molecule has 0 saturated heterocycles. The van der Waals surface area contributed by atoms with E-state index in [0.29, 0.717) is 23.3 Å². The Labute approximate surface area is 146 Å². The summed E-state index contributed by atoms with van der Waals surface area (Å²) < 4.78 is 10.5. The first kappa shape index (κ1) is 16.5. The highest BCUT2D eigenvalue weighted by atomic mass is 16.5. The number of benzene rings is 2. The van der Waals surface area contributed by atoms with Gasteiger partial charge in [-0.25, -0.2) is 0 Å². The third-order valence-electron chi connectivity index (χ3n) is 3.67. The smallest absolute Gasteiger partial charge is 0.249 e. The summed E-state index contributed by atoms with van der Waals surface area (Å²) in [6.45, 7) is 0. The van der Waals surface area contributed by atoms with Crippen molar-refractivity contribution < 1.29 is 9.47 Å². The molecule has 0 aliphatic rings. The fraction of sp³-hybridized carbons (Fsp3) is 0.167. The Morgan fingerprint density at radius 1 is 0.960 bits per heavy atom. The molecule has 3 aromatic rings. The molecule has 25 heavy (non-hydrogen) atoms. The van der Waals surface area contributed by atoms with Gasteiger partial charge in [0.15, 0.2) is 17.3 Å². The highest BCUT2D eigenvalue weighted by Crippen LogP contribution is 2.30. The Morgan fingerprint density at radius 2 is 1.72 bits per heavy atom. The van der Waals surface area contributed by atoms with Crippen LogP contribution in [0.15, 0.2) is 54.7 Å². The second kappa shape index (κ2) is 7.48. The summed E-state index contributed by atoms with van der Waals surface area (Å²) in [6, 6.07) is 15.4. The van der Waals surface area contributed by atoms with Crippen molar-refractivity contribution in [3.63, 3.8) is 0 Å². The average Bonchev–Trinajstić information content (AvgIpc) is 2.68. The van der Waals surface area contributed by atoms with Crippen molar-refractivity contribution in [2.24, 2.45) is 0 Å². The van der Waals surface area contributed by atoms with E-state index in [1.165, 1.54) is 0 Å². The van der Waals surface area contributed by atoms with Crippen LogP contribution in [0, 0.1) is 0 Å². The number of hydrogen-bond donors (Lipinski definition) is 1.